The molecule has 0 radical (unpaired) electrons. The van der Waals surface area contributed by atoms with Gasteiger partial charge in [0.05, 0.1) is 12.2 Å². The van der Waals surface area contributed by atoms with E-state index in [1.807, 2.05) is 34.1 Å². The SMILES string of the molecule is COC1CCN(C(=O)c2ccc3[nH]c4c(c3c2)CN(C(C)C)CC4)CC1.COC1CCN(C(=O)c2ccc3c(c2)c2c(n3Cc3cc4c(cc3Cl)OCO4)CCN(C(C)C)C2)CC1. The van der Waals surface area contributed by atoms with E-state index in [1.54, 1.807) is 14.2 Å². The molecule has 7 heterocycles. The van der Waals surface area contributed by atoms with Crippen LogP contribution in [-0.4, -0.2) is 126 Å². The van der Waals surface area contributed by atoms with Crippen LogP contribution in [0.3, 0.4) is 0 Å². The van der Waals surface area contributed by atoms with Gasteiger partial charge >= 0.3 is 0 Å². The molecular weight excluding hydrogens is 816 g/mol. The lowest BCUT2D eigenvalue weighted by molar-refractivity contribution is 0.0345. The lowest BCUT2D eigenvalue weighted by Crippen LogP contribution is -2.40. The number of piperidine rings is 2. The highest BCUT2D eigenvalue weighted by Crippen LogP contribution is 2.39. The second kappa shape index (κ2) is 18.5. The number of H-pyrrole nitrogens is 1. The molecule has 2 saturated heterocycles. The highest BCUT2D eigenvalue weighted by atomic mass is 35.5. The summed E-state index contributed by atoms with van der Waals surface area (Å²) in [5.41, 5.74) is 10.2. The highest BCUT2D eigenvalue weighted by molar-refractivity contribution is 6.31. The summed E-state index contributed by atoms with van der Waals surface area (Å²) >= 11 is 6.68. The number of benzene rings is 3. The molecule has 3 aromatic carbocycles. The Balaban J connectivity index is 0.000000170. The fourth-order valence-electron chi connectivity index (χ4n) is 10.2. The summed E-state index contributed by atoms with van der Waals surface area (Å²) in [6.45, 7) is 16.8. The van der Waals surface area contributed by atoms with Crippen molar-refractivity contribution < 1.29 is 28.5 Å². The van der Waals surface area contributed by atoms with E-state index in [-0.39, 0.29) is 24.7 Å². The van der Waals surface area contributed by atoms with Gasteiger partial charge in [0.1, 0.15) is 0 Å². The molecule has 0 spiro atoms. The average molecular weight is 880 g/mol. The molecule has 0 unspecified atom stereocenters. The summed E-state index contributed by atoms with van der Waals surface area (Å²) in [5.74, 6) is 1.68. The highest BCUT2D eigenvalue weighted by Gasteiger charge is 2.30. The first-order valence-corrected chi connectivity index (χ1v) is 23.3. The standard InChI is InChI=1S/C29H34ClN3O4.C21H29N3O2/c1-18(2)32-11-8-26-23(16-32)22-12-19(29(34)31-9-6-21(35-3)7-10-31)4-5-25(22)33(26)15-20-13-27-28(14-24(20)30)37-17-36-27;1-14(2)24-11-8-20-18(13-24)17-12-15(4-5-19(17)22-20)21(25)23-9-6-16(26-3)7-10-23/h4-5,12-14,18,21H,6-11,15-17H2,1-3H3;4-5,12,14,16,22H,6-11,13H2,1-3H3. The van der Waals surface area contributed by atoms with Crippen molar-refractivity contribution in [3.8, 4) is 11.5 Å². The molecule has 336 valence electrons. The van der Waals surface area contributed by atoms with Gasteiger partial charge in [-0.3, -0.25) is 19.4 Å². The Morgan fingerprint density at radius 3 is 1.87 bits per heavy atom. The zero-order valence-corrected chi connectivity index (χ0v) is 38.6. The van der Waals surface area contributed by atoms with Crippen LogP contribution < -0.4 is 9.47 Å². The number of fused-ring (bicyclic) bond motifs is 7. The Labute approximate surface area is 376 Å². The van der Waals surface area contributed by atoms with Crippen molar-refractivity contribution in [1.29, 1.82) is 0 Å². The van der Waals surface area contributed by atoms with Crippen molar-refractivity contribution in [2.24, 2.45) is 0 Å². The molecule has 1 N–H and O–H groups in total. The number of nitrogens with one attached hydrogen (secondary N) is 1. The van der Waals surface area contributed by atoms with Crippen LogP contribution in [0, 0.1) is 0 Å². The molecule has 12 nitrogen and oxygen atoms in total. The zero-order valence-electron chi connectivity index (χ0n) is 37.8. The minimum atomic E-state index is 0.105. The maximum absolute atomic E-state index is 13.5. The topological polar surface area (TPSA) is 105 Å². The van der Waals surface area contributed by atoms with Crippen molar-refractivity contribution >= 4 is 45.2 Å². The molecule has 5 aliphatic rings. The van der Waals surface area contributed by atoms with Crippen molar-refractivity contribution in [3.63, 3.8) is 0 Å². The second-order valence-corrected chi connectivity index (χ2v) is 18.9. The summed E-state index contributed by atoms with van der Waals surface area (Å²) < 4.78 is 24.4. The molecular formula is C50H63ClN6O6. The van der Waals surface area contributed by atoms with E-state index in [0.717, 1.165) is 130 Å². The first kappa shape index (κ1) is 43.7. The van der Waals surface area contributed by atoms with Crippen LogP contribution in [-0.2, 0) is 41.9 Å². The molecule has 0 saturated carbocycles. The maximum Gasteiger partial charge on any atom is 0.253 e. The monoisotopic (exact) mass is 878 g/mol. The second-order valence-electron chi connectivity index (χ2n) is 18.5. The van der Waals surface area contributed by atoms with Gasteiger partial charge in [-0.15, -0.1) is 0 Å². The number of aromatic nitrogens is 2. The molecule has 5 aromatic rings. The summed E-state index contributed by atoms with van der Waals surface area (Å²) in [4.78, 5) is 38.9. The number of carbonyl (C=O) groups is 2. The van der Waals surface area contributed by atoms with Gasteiger partial charge in [-0.1, -0.05) is 11.6 Å². The molecule has 13 heteroatoms. The van der Waals surface area contributed by atoms with Gasteiger partial charge in [0.25, 0.3) is 11.8 Å². The normalized spacial score (nSPS) is 18.6. The van der Waals surface area contributed by atoms with Crippen molar-refractivity contribution in [2.45, 2.75) is 110 Å². The van der Waals surface area contributed by atoms with E-state index < -0.39 is 0 Å². The lowest BCUT2D eigenvalue weighted by Gasteiger charge is -2.31. The number of hydrogen-bond donors (Lipinski definition) is 1. The van der Waals surface area contributed by atoms with Crippen LogP contribution in [0.15, 0.2) is 48.5 Å². The van der Waals surface area contributed by atoms with E-state index in [0.29, 0.717) is 35.5 Å². The third-order valence-electron chi connectivity index (χ3n) is 14.2. The van der Waals surface area contributed by atoms with E-state index in [1.165, 1.54) is 27.9 Å². The summed E-state index contributed by atoms with van der Waals surface area (Å²) in [5, 5.41) is 3.04. The van der Waals surface area contributed by atoms with Crippen LogP contribution in [0.2, 0.25) is 5.02 Å². The first-order valence-electron chi connectivity index (χ1n) is 23.0. The van der Waals surface area contributed by atoms with Gasteiger partial charge in [0.15, 0.2) is 11.5 Å². The number of nitrogens with zero attached hydrogens (tertiary/aromatic N) is 5. The van der Waals surface area contributed by atoms with E-state index in [4.69, 9.17) is 30.5 Å². The zero-order chi connectivity index (χ0) is 43.9. The van der Waals surface area contributed by atoms with Gasteiger partial charge in [0.2, 0.25) is 6.79 Å². The molecule has 0 aliphatic carbocycles. The Hall–Kier alpha value is -4.59. The molecule has 2 fully saturated rings. The minimum Gasteiger partial charge on any atom is -0.454 e. The molecule has 10 rings (SSSR count). The van der Waals surface area contributed by atoms with Crippen molar-refractivity contribution in [3.05, 3.63) is 92.8 Å². The number of aromatic amines is 1. The average Bonchev–Trinajstić information content (AvgIpc) is 4.01. The van der Waals surface area contributed by atoms with E-state index >= 15 is 0 Å². The summed E-state index contributed by atoms with van der Waals surface area (Å²) in [7, 11) is 3.51. The van der Waals surface area contributed by atoms with Crippen molar-refractivity contribution in [2.75, 3.05) is 60.3 Å². The van der Waals surface area contributed by atoms with E-state index in [9.17, 15) is 9.59 Å². The lowest BCUT2D eigenvalue weighted by atomic mass is 10.0. The fraction of sp³-hybridized carbons (Fsp3) is 0.520. The van der Waals surface area contributed by atoms with Gasteiger partial charge < -0.3 is 38.3 Å². The number of amides is 2. The number of methoxy groups -OCH3 is 2. The van der Waals surface area contributed by atoms with Crippen LogP contribution >= 0.6 is 11.6 Å². The summed E-state index contributed by atoms with van der Waals surface area (Å²) in [6.07, 6.45) is 6.17. The van der Waals surface area contributed by atoms with Gasteiger partial charge in [-0.2, -0.15) is 0 Å². The number of hydrogen-bond acceptors (Lipinski definition) is 8. The number of rotatable bonds is 8. The summed E-state index contributed by atoms with van der Waals surface area (Å²) in [6, 6.07) is 17.2. The Morgan fingerprint density at radius 2 is 1.27 bits per heavy atom. The van der Waals surface area contributed by atoms with E-state index in [2.05, 4.69) is 71.3 Å². The number of halogens is 1. The molecule has 5 aliphatic heterocycles. The molecule has 2 amide bonds. The predicted molar refractivity (Wildman–Crippen MR) is 247 cm³/mol. The van der Waals surface area contributed by atoms with Gasteiger partial charge in [-0.05, 0) is 113 Å². The fourth-order valence-corrected chi connectivity index (χ4v) is 10.5. The largest absolute Gasteiger partial charge is 0.454 e. The van der Waals surface area contributed by atoms with Crippen molar-refractivity contribution in [1.82, 2.24) is 29.2 Å². The smallest absolute Gasteiger partial charge is 0.253 e. The molecule has 0 atom stereocenters. The third kappa shape index (κ3) is 8.81. The van der Waals surface area contributed by atoms with Crippen LogP contribution in [0.1, 0.15) is 102 Å². The Morgan fingerprint density at radius 1 is 0.714 bits per heavy atom. The quantitative estimate of drug-likeness (QED) is 0.166. The van der Waals surface area contributed by atoms with Gasteiger partial charge in [0, 0.05) is 153 Å². The third-order valence-corrected chi connectivity index (χ3v) is 14.6. The predicted octanol–water partition coefficient (Wildman–Crippen LogP) is 8.27. The molecule has 2 aromatic heterocycles. The van der Waals surface area contributed by atoms with Crippen LogP contribution in [0.5, 0.6) is 11.5 Å². The Kier molecular flexibility index (Phi) is 12.8. The number of ether oxygens (including phenoxy) is 4. The molecule has 63 heavy (non-hydrogen) atoms. The van der Waals surface area contributed by atoms with Gasteiger partial charge in [-0.25, -0.2) is 0 Å². The maximum atomic E-state index is 13.5. The Bertz CT molecular complexity index is 2480. The number of carbonyl (C=O) groups excluding carboxylic acids is 2. The number of likely N-dealkylation sites (tertiary alicyclic amines) is 2. The first-order chi connectivity index (χ1) is 30.5. The van der Waals surface area contributed by atoms with Crippen LogP contribution in [0.4, 0.5) is 0 Å². The minimum absolute atomic E-state index is 0.105. The van der Waals surface area contributed by atoms with Crippen LogP contribution in [0.25, 0.3) is 21.8 Å². The molecule has 0 bridgehead atoms.